The van der Waals surface area contributed by atoms with Gasteiger partial charge in [0.2, 0.25) is 10.0 Å². The lowest BCUT2D eigenvalue weighted by Crippen LogP contribution is -2.54. The van der Waals surface area contributed by atoms with Crippen LogP contribution in [0.4, 0.5) is 0 Å². The fraction of sp³-hybridized carbons (Fsp3) is 0.778. The minimum Gasteiger partial charge on any atom is -0.378 e. The van der Waals surface area contributed by atoms with E-state index in [0.29, 0.717) is 44.4 Å². The van der Waals surface area contributed by atoms with Crippen molar-refractivity contribution in [3.63, 3.8) is 0 Å². The second-order valence-electron chi connectivity index (χ2n) is 7.13. The van der Waals surface area contributed by atoms with E-state index in [1.165, 1.54) is 10.6 Å². The Labute approximate surface area is 168 Å². The molecule has 9 nitrogen and oxygen atoms in total. The zero-order valence-corrected chi connectivity index (χ0v) is 18.1. The van der Waals surface area contributed by atoms with Gasteiger partial charge in [-0.25, -0.2) is 8.42 Å². The molecule has 2 heterocycles. The molecule has 1 unspecified atom stereocenters. The molecule has 0 amide bonds. The number of hydrogen-bond acceptors (Lipinski definition) is 6. The van der Waals surface area contributed by atoms with Crippen LogP contribution in [-0.4, -0.2) is 81.2 Å². The molecule has 0 aromatic carbocycles. The van der Waals surface area contributed by atoms with Crippen molar-refractivity contribution in [2.75, 3.05) is 46.4 Å². The van der Waals surface area contributed by atoms with Crippen molar-refractivity contribution >= 4 is 16.0 Å². The van der Waals surface area contributed by atoms with Crippen LogP contribution in [0.3, 0.4) is 0 Å². The molecule has 1 fully saturated rings. The first-order valence-corrected chi connectivity index (χ1v) is 11.4. The molecule has 0 bridgehead atoms. The number of sulfonamides is 1. The Balaban J connectivity index is 1.82. The van der Waals surface area contributed by atoms with Gasteiger partial charge in [0.15, 0.2) is 5.96 Å². The Morgan fingerprint density at radius 1 is 1.36 bits per heavy atom. The SMILES string of the molecule is CCOC(CCNC(=NC)N1CCN(S(=O)(=O)Cc2ccon2)CC1)C(C)C. The molecule has 1 aromatic rings. The molecule has 1 aliphatic rings. The van der Waals surface area contributed by atoms with Crippen LogP contribution in [0.15, 0.2) is 21.8 Å². The molecule has 1 aliphatic heterocycles. The summed E-state index contributed by atoms with van der Waals surface area (Å²) in [5.41, 5.74) is 0.425. The molecular weight excluding hydrogens is 382 g/mol. The van der Waals surface area contributed by atoms with Gasteiger partial charge in [-0.1, -0.05) is 19.0 Å². The molecule has 1 aromatic heterocycles. The summed E-state index contributed by atoms with van der Waals surface area (Å²) in [4.78, 5) is 6.44. The molecule has 2 rings (SSSR count). The first-order chi connectivity index (χ1) is 13.4. The van der Waals surface area contributed by atoms with Gasteiger partial charge in [0.25, 0.3) is 0 Å². The van der Waals surface area contributed by atoms with Crippen molar-refractivity contribution in [1.29, 1.82) is 0 Å². The summed E-state index contributed by atoms with van der Waals surface area (Å²) in [6.07, 6.45) is 2.50. The second-order valence-corrected chi connectivity index (χ2v) is 9.10. The third kappa shape index (κ3) is 6.46. The molecular formula is C18H33N5O4S. The first-order valence-electron chi connectivity index (χ1n) is 9.81. The van der Waals surface area contributed by atoms with Crippen LogP contribution in [0.5, 0.6) is 0 Å². The average Bonchev–Trinajstić information content (AvgIpc) is 3.16. The first kappa shape index (κ1) is 22.6. The van der Waals surface area contributed by atoms with Crippen molar-refractivity contribution < 1.29 is 17.7 Å². The van der Waals surface area contributed by atoms with Gasteiger partial charge in [-0.05, 0) is 19.3 Å². The maximum absolute atomic E-state index is 12.5. The maximum atomic E-state index is 12.5. The van der Waals surface area contributed by atoms with Gasteiger partial charge in [-0.3, -0.25) is 4.99 Å². The lowest BCUT2D eigenvalue weighted by atomic mass is 10.0. The maximum Gasteiger partial charge on any atom is 0.220 e. The number of hydrogen-bond donors (Lipinski definition) is 1. The molecule has 0 radical (unpaired) electrons. The zero-order chi connectivity index (χ0) is 20.6. The molecule has 1 saturated heterocycles. The summed E-state index contributed by atoms with van der Waals surface area (Å²) >= 11 is 0. The quantitative estimate of drug-likeness (QED) is 0.477. The van der Waals surface area contributed by atoms with Crippen LogP contribution < -0.4 is 5.32 Å². The van der Waals surface area contributed by atoms with E-state index in [0.717, 1.165) is 18.9 Å². The van der Waals surface area contributed by atoms with Gasteiger partial charge in [0.05, 0.1) is 11.8 Å². The minimum atomic E-state index is -3.40. The Bertz CT molecular complexity index is 698. The fourth-order valence-corrected chi connectivity index (χ4v) is 4.67. The number of guanidine groups is 1. The highest BCUT2D eigenvalue weighted by atomic mass is 32.2. The lowest BCUT2D eigenvalue weighted by molar-refractivity contribution is 0.0257. The summed E-state index contributed by atoms with van der Waals surface area (Å²) in [5.74, 6) is 1.12. The van der Waals surface area contributed by atoms with E-state index in [9.17, 15) is 8.42 Å². The summed E-state index contributed by atoms with van der Waals surface area (Å²) < 4.78 is 37.1. The van der Waals surface area contributed by atoms with E-state index in [-0.39, 0.29) is 11.9 Å². The highest BCUT2D eigenvalue weighted by molar-refractivity contribution is 7.88. The standard InChI is InChI=1S/C18H33N5O4S/c1-5-26-17(15(2)3)6-8-20-18(19-4)22-9-11-23(12-10-22)28(24,25)14-16-7-13-27-21-16/h7,13,15,17H,5-6,8-12,14H2,1-4H3,(H,19,20). The molecule has 0 saturated carbocycles. The summed E-state index contributed by atoms with van der Waals surface area (Å²) in [7, 11) is -1.65. The van der Waals surface area contributed by atoms with Crippen molar-refractivity contribution in [2.24, 2.45) is 10.9 Å². The van der Waals surface area contributed by atoms with Crippen LogP contribution in [-0.2, 0) is 20.5 Å². The lowest BCUT2D eigenvalue weighted by Gasteiger charge is -2.36. The number of nitrogens with zero attached hydrogens (tertiary/aromatic N) is 4. The smallest absolute Gasteiger partial charge is 0.220 e. The van der Waals surface area contributed by atoms with Gasteiger partial charge in [0, 0.05) is 52.4 Å². The summed E-state index contributed by atoms with van der Waals surface area (Å²) in [6.45, 7) is 9.85. The van der Waals surface area contributed by atoms with Crippen LogP contribution >= 0.6 is 0 Å². The van der Waals surface area contributed by atoms with Crippen LogP contribution in [0.1, 0.15) is 32.9 Å². The van der Waals surface area contributed by atoms with E-state index in [2.05, 4.69) is 34.2 Å². The van der Waals surface area contributed by atoms with E-state index >= 15 is 0 Å². The van der Waals surface area contributed by atoms with Crippen LogP contribution in [0, 0.1) is 5.92 Å². The van der Waals surface area contributed by atoms with E-state index < -0.39 is 10.0 Å². The van der Waals surface area contributed by atoms with Gasteiger partial charge < -0.3 is 19.5 Å². The fourth-order valence-electron chi connectivity index (χ4n) is 3.25. The topological polar surface area (TPSA) is 100 Å². The van der Waals surface area contributed by atoms with E-state index in [1.807, 2.05) is 6.92 Å². The van der Waals surface area contributed by atoms with Gasteiger partial charge >= 0.3 is 0 Å². The Hall–Kier alpha value is -1.65. The van der Waals surface area contributed by atoms with Crippen LogP contribution in [0.25, 0.3) is 0 Å². The second kappa shape index (κ2) is 10.8. The third-order valence-electron chi connectivity index (χ3n) is 4.80. The Morgan fingerprint density at radius 2 is 2.07 bits per heavy atom. The van der Waals surface area contributed by atoms with Crippen LogP contribution in [0.2, 0.25) is 0 Å². The normalized spacial score (nSPS) is 17.9. The highest BCUT2D eigenvalue weighted by Gasteiger charge is 2.29. The highest BCUT2D eigenvalue weighted by Crippen LogP contribution is 2.13. The molecule has 160 valence electrons. The predicted molar refractivity (Wildman–Crippen MR) is 109 cm³/mol. The zero-order valence-electron chi connectivity index (χ0n) is 17.3. The number of nitrogens with one attached hydrogen (secondary N) is 1. The molecule has 0 aliphatic carbocycles. The number of aliphatic imine (C=N–C) groups is 1. The van der Waals surface area contributed by atoms with Crippen molar-refractivity contribution in [2.45, 2.75) is 39.0 Å². The largest absolute Gasteiger partial charge is 0.378 e. The number of rotatable bonds is 9. The third-order valence-corrected chi connectivity index (χ3v) is 6.61. The van der Waals surface area contributed by atoms with Gasteiger partial charge in [0.1, 0.15) is 12.0 Å². The Morgan fingerprint density at radius 3 is 2.61 bits per heavy atom. The van der Waals surface area contributed by atoms with Crippen molar-refractivity contribution in [3.05, 3.63) is 18.0 Å². The number of ether oxygens (including phenoxy) is 1. The molecule has 1 atom stereocenters. The number of piperazine rings is 1. The Kier molecular flexibility index (Phi) is 8.71. The van der Waals surface area contributed by atoms with Gasteiger partial charge in [-0.15, -0.1) is 0 Å². The number of aromatic nitrogens is 1. The molecule has 28 heavy (non-hydrogen) atoms. The summed E-state index contributed by atoms with van der Waals surface area (Å²) in [6, 6.07) is 1.58. The minimum absolute atomic E-state index is 0.134. The monoisotopic (exact) mass is 415 g/mol. The van der Waals surface area contributed by atoms with E-state index in [4.69, 9.17) is 9.26 Å². The molecule has 0 spiro atoms. The van der Waals surface area contributed by atoms with Crippen molar-refractivity contribution in [3.8, 4) is 0 Å². The van der Waals surface area contributed by atoms with Crippen molar-refractivity contribution in [1.82, 2.24) is 19.7 Å². The average molecular weight is 416 g/mol. The summed E-state index contributed by atoms with van der Waals surface area (Å²) in [5, 5.41) is 7.07. The van der Waals surface area contributed by atoms with E-state index in [1.54, 1.807) is 13.1 Å². The van der Waals surface area contributed by atoms with Gasteiger partial charge in [-0.2, -0.15) is 4.31 Å². The predicted octanol–water partition coefficient (Wildman–Crippen LogP) is 1.15. The molecule has 1 N–H and O–H groups in total. The molecule has 10 heteroatoms.